The third-order valence-corrected chi connectivity index (χ3v) is 4.11. The van der Waals surface area contributed by atoms with Crippen molar-refractivity contribution in [1.29, 1.82) is 0 Å². The number of aliphatic hydroxyl groups is 1. The van der Waals surface area contributed by atoms with E-state index in [9.17, 15) is 9.90 Å². The number of aliphatic hydroxyl groups excluding tert-OH is 1. The van der Waals surface area contributed by atoms with Crippen molar-refractivity contribution in [3.05, 3.63) is 46.5 Å². The van der Waals surface area contributed by atoms with Crippen LogP contribution in [0.5, 0.6) is 0 Å². The summed E-state index contributed by atoms with van der Waals surface area (Å²) in [6.45, 7) is 1.43. The maximum Gasteiger partial charge on any atom is 0.311 e. The van der Waals surface area contributed by atoms with Crippen molar-refractivity contribution in [2.75, 3.05) is 20.3 Å². The molecule has 120 valence electrons. The molecule has 1 fully saturated rings. The molecule has 0 aliphatic carbocycles. The number of allylic oxidation sites excluding steroid dienone is 1. The molecule has 1 aromatic rings. The van der Waals surface area contributed by atoms with Gasteiger partial charge in [-0.3, -0.25) is 4.79 Å². The fourth-order valence-corrected chi connectivity index (χ4v) is 2.76. The molecule has 0 bridgehead atoms. The molecule has 2 rings (SSSR count). The highest BCUT2D eigenvalue weighted by molar-refractivity contribution is 6.30. The second-order valence-electron chi connectivity index (χ2n) is 5.34. The number of ether oxygens (including phenoxy) is 2. The van der Waals surface area contributed by atoms with Gasteiger partial charge >= 0.3 is 5.97 Å². The van der Waals surface area contributed by atoms with Crippen LogP contribution >= 0.6 is 11.6 Å². The first-order valence-electron chi connectivity index (χ1n) is 7.39. The van der Waals surface area contributed by atoms with Gasteiger partial charge in [-0.2, -0.15) is 0 Å². The van der Waals surface area contributed by atoms with Crippen molar-refractivity contribution < 1.29 is 19.4 Å². The van der Waals surface area contributed by atoms with Gasteiger partial charge in [-0.25, -0.2) is 0 Å². The van der Waals surface area contributed by atoms with Crippen LogP contribution in [-0.4, -0.2) is 31.4 Å². The van der Waals surface area contributed by atoms with Crippen LogP contribution in [0, 0.1) is 5.92 Å². The molecule has 5 heteroatoms. The Morgan fingerprint density at radius 1 is 1.45 bits per heavy atom. The molecule has 0 radical (unpaired) electrons. The Morgan fingerprint density at radius 2 is 2.18 bits per heavy atom. The maximum atomic E-state index is 12.0. The Bertz CT molecular complexity index is 533. The Kier molecular flexibility index (Phi) is 6.43. The number of carbonyl (C=O) groups is 1. The molecule has 1 aromatic carbocycles. The zero-order valence-corrected chi connectivity index (χ0v) is 13.4. The Hall–Kier alpha value is -1.36. The molecule has 0 spiro atoms. The number of esters is 1. The summed E-state index contributed by atoms with van der Waals surface area (Å²) in [5.74, 6) is -1.06. The van der Waals surface area contributed by atoms with E-state index >= 15 is 0 Å². The molecular weight excluding hydrogens is 304 g/mol. The summed E-state index contributed by atoms with van der Waals surface area (Å²) in [5.41, 5.74) is 1.88. The second-order valence-corrected chi connectivity index (χ2v) is 5.78. The van der Waals surface area contributed by atoms with Crippen molar-refractivity contribution in [3.63, 3.8) is 0 Å². The zero-order chi connectivity index (χ0) is 15.9. The van der Waals surface area contributed by atoms with Crippen molar-refractivity contribution in [1.82, 2.24) is 0 Å². The highest BCUT2D eigenvalue weighted by Crippen LogP contribution is 2.29. The van der Waals surface area contributed by atoms with Crippen LogP contribution in [0.3, 0.4) is 0 Å². The van der Waals surface area contributed by atoms with Gasteiger partial charge in [0.2, 0.25) is 0 Å². The summed E-state index contributed by atoms with van der Waals surface area (Å²) in [6, 6.07) is 6.92. The number of hydrogen-bond acceptors (Lipinski definition) is 4. The minimum Gasteiger partial charge on any atom is -0.469 e. The largest absolute Gasteiger partial charge is 0.469 e. The highest BCUT2D eigenvalue weighted by atomic mass is 35.5. The van der Waals surface area contributed by atoms with Gasteiger partial charge in [-0.1, -0.05) is 35.4 Å². The van der Waals surface area contributed by atoms with E-state index < -0.39 is 18.0 Å². The summed E-state index contributed by atoms with van der Waals surface area (Å²) in [6.07, 6.45) is 3.28. The quantitative estimate of drug-likeness (QED) is 0.667. The minimum absolute atomic E-state index is 0.420. The third kappa shape index (κ3) is 4.57. The summed E-state index contributed by atoms with van der Waals surface area (Å²) in [7, 11) is 1.33. The first kappa shape index (κ1) is 17.0. The molecule has 4 nitrogen and oxygen atoms in total. The fourth-order valence-electron chi connectivity index (χ4n) is 2.56. The van der Waals surface area contributed by atoms with Crippen LogP contribution in [0.1, 0.15) is 30.9 Å². The molecule has 0 unspecified atom stereocenters. The lowest BCUT2D eigenvalue weighted by atomic mass is 9.91. The lowest BCUT2D eigenvalue weighted by Gasteiger charge is -2.21. The van der Waals surface area contributed by atoms with Crippen LogP contribution in [-0.2, 0) is 14.3 Å². The molecule has 0 saturated carbocycles. The molecule has 2 atom stereocenters. The average molecular weight is 325 g/mol. The van der Waals surface area contributed by atoms with Crippen molar-refractivity contribution in [2.24, 2.45) is 5.92 Å². The summed E-state index contributed by atoms with van der Waals surface area (Å²) >= 11 is 5.95. The third-order valence-electron chi connectivity index (χ3n) is 3.87. The van der Waals surface area contributed by atoms with E-state index in [1.807, 2.05) is 6.08 Å². The van der Waals surface area contributed by atoms with E-state index in [2.05, 4.69) is 0 Å². The van der Waals surface area contributed by atoms with Crippen molar-refractivity contribution in [2.45, 2.75) is 25.4 Å². The smallest absolute Gasteiger partial charge is 0.311 e. The molecule has 1 heterocycles. The SMILES string of the molecule is COC(=O)[C@@H](CC=C1CCOCC1)[C@H](O)c1cccc(Cl)c1. The van der Waals surface area contributed by atoms with Crippen molar-refractivity contribution >= 4 is 17.6 Å². The molecule has 22 heavy (non-hydrogen) atoms. The first-order valence-corrected chi connectivity index (χ1v) is 7.76. The van der Waals surface area contributed by atoms with E-state index in [0.29, 0.717) is 30.2 Å². The number of methoxy groups -OCH3 is 1. The average Bonchev–Trinajstić information content (AvgIpc) is 2.55. The van der Waals surface area contributed by atoms with Crippen LogP contribution in [0.2, 0.25) is 5.02 Å². The molecule has 1 aliphatic heterocycles. The van der Waals surface area contributed by atoms with E-state index in [1.54, 1.807) is 24.3 Å². The minimum atomic E-state index is -0.942. The Balaban J connectivity index is 2.13. The fraction of sp³-hybridized carbons (Fsp3) is 0.471. The summed E-state index contributed by atoms with van der Waals surface area (Å²) in [4.78, 5) is 12.0. The Morgan fingerprint density at radius 3 is 2.82 bits per heavy atom. The number of benzene rings is 1. The van der Waals surface area contributed by atoms with Gasteiger partial charge in [0.1, 0.15) is 0 Å². The van der Waals surface area contributed by atoms with Gasteiger partial charge in [0.15, 0.2) is 0 Å². The van der Waals surface area contributed by atoms with Crippen LogP contribution in [0.25, 0.3) is 0 Å². The summed E-state index contributed by atoms with van der Waals surface area (Å²) < 4.78 is 10.1. The molecule has 1 saturated heterocycles. The van der Waals surface area contributed by atoms with E-state index in [4.69, 9.17) is 21.1 Å². The normalized spacial score (nSPS) is 17.7. The first-order chi connectivity index (χ1) is 10.6. The lowest BCUT2D eigenvalue weighted by Crippen LogP contribution is -2.23. The van der Waals surface area contributed by atoms with Crippen LogP contribution in [0.4, 0.5) is 0 Å². The predicted molar refractivity (Wildman–Crippen MR) is 84.7 cm³/mol. The van der Waals surface area contributed by atoms with Gasteiger partial charge in [0, 0.05) is 5.02 Å². The van der Waals surface area contributed by atoms with Gasteiger partial charge < -0.3 is 14.6 Å². The standard InChI is InChI=1S/C17H21ClO4/c1-21-17(20)15(6-5-12-7-9-22-10-8-12)16(19)13-3-2-4-14(18)11-13/h2-5,11,15-16,19H,6-10H2,1H3/t15-,16+/m0/s1. The van der Waals surface area contributed by atoms with Gasteiger partial charge in [-0.05, 0) is 37.0 Å². The van der Waals surface area contributed by atoms with Crippen LogP contribution < -0.4 is 0 Å². The molecule has 0 aromatic heterocycles. The number of halogens is 1. The van der Waals surface area contributed by atoms with E-state index in [1.165, 1.54) is 12.7 Å². The predicted octanol–water partition coefficient (Wildman–Crippen LogP) is 3.29. The van der Waals surface area contributed by atoms with Gasteiger partial charge in [-0.15, -0.1) is 0 Å². The molecule has 1 N–H and O–H groups in total. The molecule has 0 amide bonds. The van der Waals surface area contributed by atoms with E-state index in [0.717, 1.165) is 12.8 Å². The second kappa shape index (κ2) is 8.32. The number of carbonyl (C=O) groups excluding carboxylic acids is 1. The van der Waals surface area contributed by atoms with Crippen molar-refractivity contribution in [3.8, 4) is 0 Å². The Labute approximate surface area is 135 Å². The van der Waals surface area contributed by atoms with Gasteiger partial charge in [0.05, 0.1) is 32.3 Å². The van der Waals surface area contributed by atoms with Crippen LogP contribution in [0.15, 0.2) is 35.9 Å². The monoisotopic (exact) mass is 324 g/mol. The number of hydrogen-bond donors (Lipinski definition) is 1. The highest BCUT2D eigenvalue weighted by Gasteiger charge is 2.28. The molecule has 1 aliphatic rings. The van der Waals surface area contributed by atoms with Gasteiger partial charge in [0.25, 0.3) is 0 Å². The topological polar surface area (TPSA) is 55.8 Å². The summed E-state index contributed by atoms with van der Waals surface area (Å²) in [5, 5.41) is 11.1. The molecular formula is C17H21ClO4. The lowest BCUT2D eigenvalue weighted by molar-refractivity contribution is -0.149. The zero-order valence-electron chi connectivity index (χ0n) is 12.6. The number of rotatable bonds is 5. The maximum absolute atomic E-state index is 12.0. The van der Waals surface area contributed by atoms with E-state index in [-0.39, 0.29) is 0 Å².